The Labute approximate surface area is 170 Å². The number of rotatable bonds is 7. The van der Waals surface area contributed by atoms with Gasteiger partial charge in [-0.25, -0.2) is 17.9 Å². The van der Waals surface area contributed by atoms with Gasteiger partial charge in [-0.1, -0.05) is 23.7 Å². The Bertz CT molecular complexity index is 1020. The van der Waals surface area contributed by atoms with Crippen molar-refractivity contribution in [1.82, 2.24) is 15.1 Å². The second kappa shape index (κ2) is 9.00. The maximum absolute atomic E-state index is 13.1. The van der Waals surface area contributed by atoms with Crippen molar-refractivity contribution >= 4 is 17.5 Å². The molecule has 0 fully saturated rings. The number of halogens is 4. The van der Waals surface area contributed by atoms with Crippen LogP contribution in [0.5, 0.6) is 5.75 Å². The van der Waals surface area contributed by atoms with Gasteiger partial charge in [-0.05, 0) is 36.8 Å². The Morgan fingerprint density at radius 1 is 1.14 bits per heavy atom. The summed E-state index contributed by atoms with van der Waals surface area (Å²) >= 11 is 6.30. The first-order valence-electron chi connectivity index (χ1n) is 8.68. The minimum Gasteiger partial charge on any atom is -0.492 e. The number of aromatic nitrogens is 2. The normalized spacial score (nSPS) is 10.8. The van der Waals surface area contributed by atoms with Gasteiger partial charge in [0.15, 0.2) is 11.6 Å². The van der Waals surface area contributed by atoms with E-state index in [0.717, 1.165) is 17.7 Å². The molecule has 0 aliphatic rings. The van der Waals surface area contributed by atoms with E-state index >= 15 is 0 Å². The Morgan fingerprint density at radius 3 is 2.55 bits per heavy atom. The van der Waals surface area contributed by atoms with E-state index in [4.69, 9.17) is 16.3 Å². The van der Waals surface area contributed by atoms with Gasteiger partial charge < -0.3 is 10.1 Å². The number of benzene rings is 2. The molecule has 3 rings (SSSR count). The van der Waals surface area contributed by atoms with Crippen LogP contribution >= 0.6 is 11.6 Å². The van der Waals surface area contributed by atoms with Crippen LogP contribution in [0.25, 0.3) is 0 Å². The van der Waals surface area contributed by atoms with Gasteiger partial charge in [0.1, 0.15) is 23.3 Å². The summed E-state index contributed by atoms with van der Waals surface area (Å²) in [5.74, 6) is -2.61. The lowest BCUT2D eigenvalue weighted by Crippen LogP contribution is -2.28. The lowest BCUT2D eigenvalue weighted by atomic mass is 10.2. The fraction of sp³-hybridized carbons (Fsp3) is 0.200. The quantitative estimate of drug-likeness (QED) is 0.582. The van der Waals surface area contributed by atoms with E-state index in [9.17, 15) is 18.0 Å². The molecule has 0 aliphatic carbocycles. The molecule has 3 aromatic rings. The summed E-state index contributed by atoms with van der Waals surface area (Å²) in [5.41, 5.74) is 1.44. The minimum absolute atomic E-state index is 0.0528. The minimum atomic E-state index is -1.01. The van der Waals surface area contributed by atoms with Gasteiger partial charge >= 0.3 is 0 Å². The monoisotopic (exact) mass is 423 g/mol. The Balaban J connectivity index is 1.58. The van der Waals surface area contributed by atoms with E-state index < -0.39 is 17.5 Å². The fourth-order valence-corrected chi connectivity index (χ4v) is 2.99. The number of hydrogen-bond acceptors (Lipinski definition) is 3. The van der Waals surface area contributed by atoms with Crippen molar-refractivity contribution in [3.05, 3.63) is 81.9 Å². The molecule has 2 aromatic carbocycles. The van der Waals surface area contributed by atoms with Crippen LogP contribution in [0, 0.1) is 24.4 Å². The molecule has 5 nitrogen and oxygen atoms in total. The predicted octanol–water partition coefficient (Wildman–Crippen LogP) is 4.12. The van der Waals surface area contributed by atoms with Crippen LogP contribution in [0.1, 0.15) is 21.6 Å². The van der Waals surface area contributed by atoms with Crippen LogP contribution in [0.2, 0.25) is 5.15 Å². The van der Waals surface area contributed by atoms with Crippen molar-refractivity contribution in [1.29, 1.82) is 0 Å². The molecule has 0 atom stereocenters. The molecule has 29 heavy (non-hydrogen) atoms. The third kappa shape index (κ3) is 5.08. The highest BCUT2D eigenvalue weighted by molar-refractivity contribution is 6.33. The third-order valence-electron chi connectivity index (χ3n) is 4.09. The number of nitrogens with zero attached hydrogens (tertiary/aromatic N) is 2. The van der Waals surface area contributed by atoms with Crippen molar-refractivity contribution in [3.8, 4) is 5.75 Å². The van der Waals surface area contributed by atoms with Gasteiger partial charge in [-0.2, -0.15) is 5.10 Å². The average molecular weight is 424 g/mol. The van der Waals surface area contributed by atoms with Crippen molar-refractivity contribution < 1.29 is 22.7 Å². The standard InChI is InChI=1S/C20H17ClF3N3O2/c1-12-18(19(21)27(26-12)11-13-2-4-14(22)5-3-13)20(28)25-8-9-29-15-6-7-16(23)17(24)10-15/h2-7,10H,8-9,11H2,1H3,(H,25,28). The maximum Gasteiger partial charge on any atom is 0.256 e. The van der Waals surface area contributed by atoms with Gasteiger partial charge in [0, 0.05) is 6.07 Å². The summed E-state index contributed by atoms with van der Waals surface area (Å²) in [6, 6.07) is 9.07. The van der Waals surface area contributed by atoms with E-state index in [1.54, 1.807) is 19.1 Å². The van der Waals surface area contributed by atoms with Crippen LogP contribution in [-0.4, -0.2) is 28.8 Å². The molecule has 0 aliphatic heterocycles. The molecule has 0 spiro atoms. The Morgan fingerprint density at radius 2 is 1.86 bits per heavy atom. The van der Waals surface area contributed by atoms with Gasteiger partial charge in [0.2, 0.25) is 0 Å². The highest BCUT2D eigenvalue weighted by atomic mass is 35.5. The van der Waals surface area contributed by atoms with Gasteiger partial charge in [0.05, 0.1) is 24.3 Å². The molecule has 0 saturated heterocycles. The van der Waals surface area contributed by atoms with Gasteiger partial charge in [-0.3, -0.25) is 4.79 Å². The SMILES string of the molecule is Cc1nn(Cc2ccc(F)cc2)c(Cl)c1C(=O)NCCOc1ccc(F)c(F)c1. The smallest absolute Gasteiger partial charge is 0.256 e. The molecular formula is C20H17ClF3N3O2. The first-order valence-corrected chi connectivity index (χ1v) is 9.06. The molecule has 0 radical (unpaired) electrons. The van der Waals surface area contributed by atoms with E-state index in [0.29, 0.717) is 5.69 Å². The van der Waals surface area contributed by atoms with Crippen LogP contribution in [0.3, 0.4) is 0 Å². The largest absolute Gasteiger partial charge is 0.492 e. The zero-order valence-corrected chi connectivity index (χ0v) is 16.1. The first-order chi connectivity index (χ1) is 13.8. The molecule has 9 heteroatoms. The number of hydrogen-bond donors (Lipinski definition) is 1. The summed E-state index contributed by atoms with van der Waals surface area (Å²) in [6.07, 6.45) is 0. The predicted molar refractivity (Wildman–Crippen MR) is 102 cm³/mol. The molecule has 1 N–H and O–H groups in total. The molecule has 1 aromatic heterocycles. The van der Waals surface area contributed by atoms with Crippen LogP contribution in [0.15, 0.2) is 42.5 Å². The van der Waals surface area contributed by atoms with E-state index in [-0.39, 0.29) is 42.0 Å². The number of ether oxygens (including phenoxy) is 1. The zero-order valence-electron chi connectivity index (χ0n) is 15.4. The zero-order chi connectivity index (χ0) is 21.0. The van der Waals surface area contributed by atoms with E-state index in [1.807, 2.05) is 0 Å². The number of amides is 1. The number of carbonyl (C=O) groups excluding carboxylic acids is 1. The number of nitrogens with one attached hydrogen (secondary N) is 1. The van der Waals surface area contributed by atoms with Gasteiger partial charge in [0.25, 0.3) is 5.91 Å². The summed E-state index contributed by atoms with van der Waals surface area (Å²) in [5, 5.41) is 7.07. The summed E-state index contributed by atoms with van der Waals surface area (Å²) in [7, 11) is 0. The summed E-state index contributed by atoms with van der Waals surface area (Å²) < 4.78 is 45.8. The lowest BCUT2D eigenvalue weighted by Gasteiger charge is -2.08. The maximum atomic E-state index is 13.1. The first kappa shape index (κ1) is 20.7. The van der Waals surface area contributed by atoms with Crippen molar-refractivity contribution in [3.63, 3.8) is 0 Å². The highest BCUT2D eigenvalue weighted by Gasteiger charge is 2.20. The molecular weight excluding hydrogens is 407 g/mol. The van der Waals surface area contributed by atoms with E-state index in [2.05, 4.69) is 10.4 Å². The molecule has 0 unspecified atom stereocenters. The van der Waals surface area contributed by atoms with Crippen LogP contribution in [0.4, 0.5) is 13.2 Å². The molecule has 0 bridgehead atoms. The third-order valence-corrected chi connectivity index (χ3v) is 4.47. The second-order valence-electron chi connectivity index (χ2n) is 6.22. The average Bonchev–Trinajstić information content (AvgIpc) is 2.96. The fourth-order valence-electron chi connectivity index (χ4n) is 2.67. The Kier molecular flexibility index (Phi) is 6.43. The van der Waals surface area contributed by atoms with Crippen molar-refractivity contribution in [2.75, 3.05) is 13.2 Å². The summed E-state index contributed by atoms with van der Waals surface area (Å²) in [4.78, 5) is 12.4. The Hall–Kier alpha value is -3.00. The van der Waals surface area contributed by atoms with Gasteiger partial charge in [-0.15, -0.1) is 0 Å². The second-order valence-corrected chi connectivity index (χ2v) is 6.57. The molecule has 152 valence electrons. The van der Waals surface area contributed by atoms with Crippen molar-refractivity contribution in [2.45, 2.75) is 13.5 Å². The molecule has 0 saturated carbocycles. The number of aryl methyl sites for hydroxylation is 1. The lowest BCUT2D eigenvalue weighted by molar-refractivity contribution is 0.0946. The molecule has 1 heterocycles. The summed E-state index contributed by atoms with van der Waals surface area (Å²) in [6.45, 7) is 2.11. The van der Waals surface area contributed by atoms with Crippen LogP contribution < -0.4 is 10.1 Å². The van der Waals surface area contributed by atoms with E-state index in [1.165, 1.54) is 22.9 Å². The topological polar surface area (TPSA) is 56.2 Å². The van der Waals surface area contributed by atoms with Crippen molar-refractivity contribution in [2.24, 2.45) is 0 Å². The highest BCUT2D eigenvalue weighted by Crippen LogP contribution is 2.21. The number of carbonyl (C=O) groups is 1. The van der Waals surface area contributed by atoms with Crippen LogP contribution in [-0.2, 0) is 6.54 Å². The molecule has 1 amide bonds.